The summed E-state index contributed by atoms with van der Waals surface area (Å²) in [5.74, 6) is 0.718. The highest BCUT2D eigenvalue weighted by Crippen LogP contribution is 2.30. The van der Waals surface area contributed by atoms with Gasteiger partial charge in [-0.15, -0.1) is 0 Å². The highest BCUT2D eigenvalue weighted by atomic mass is 19.4. The summed E-state index contributed by atoms with van der Waals surface area (Å²) in [4.78, 5) is 28.5. The van der Waals surface area contributed by atoms with Crippen molar-refractivity contribution in [1.29, 1.82) is 0 Å². The molecule has 4 heterocycles. The summed E-state index contributed by atoms with van der Waals surface area (Å²) in [6, 6.07) is 5.83. The van der Waals surface area contributed by atoms with Gasteiger partial charge in [-0.05, 0) is 37.3 Å². The number of amides is 1. The highest BCUT2D eigenvalue weighted by molar-refractivity contribution is 6.00. The molecule has 0 aromatic carbocycles. The molecule has 3 aromatic heterocycles. The van der Waals surface area contributed by atoms with Crippen LogP contribution >= 0.6 is 0 Å². The van der Waals surface area contributed by atoms with Crippen molar-refractivity contribution in [3.63, 3.8) is 0 Å². The molecule has 3 aromatic rings. The lowest BCUT2D eigenvalue weighted by atomic mass is 10.1. The quantitative estimate of drug-likeness (QED) is 0.634. The molecular weight excluding hydrogens is 423 g/mol. The number of carbonyl (C=O) groups is 1. The van der Waals surface area contributed by atoms with Gasteiger partial charge in [-0.25, -0.2) is 9.97 Å². The number of alkyl halides is 3. The molecule has 164 valence electrons. The van der Waals surface area contributed by atoms with Gasteiger partial charge in [0.2, 0.25) is 5.91 Å². The number of halogens is 3. The minimum atomic E-state index is -4.55. The maximum absolute atomic E-state index is 12.9. The Morgan fingerprint density at radius 2 is 2.03 bits per heavy atom. The van der Waals surface area contributed by atoms with Gasteiger partial charge in [-0.3, -0.25) is 14.8 Å². The van der Waals surface area contributed by atoms with E-state index in [0.717, 1.165) is 17.8 Å². The summed E-state index contributed by atoms with van der Waals surface area (Å²) in [7, 11) is 0. The molecule has 0 atom stereocenters. The van der Waals surface area contributed by atoms with Crippen LogP contribution in [0.5, 0.6) is 0 Å². The Kier molecular flexibility index (Phi) is 5.71. The predicted molar refractivity (Wildman–Crippen MR) is 112 cm³/mol. The van der Waals surface area contributed by atoms with E-state index in [0.29, 0.717) is 29.6 Å². The van der Waals surface area contributed by atoms with Crippen LogP contribution in [-0.4, -0.2) is 37.8 Å². The molecule has 11 heteroatoms. The van der Waals surface area contributed by atoms with Crippen LogP contribution in [0.4, 0.5) is 19.0 Å². The van der Waals surface area contributed by atoms with Crippen molar-refractivity contribution in [2.45, 2.75) is 19.6 Å². The number of amidine groups is 1. The number of aromatic nitrogens is 4. The standard InChI is InChI=1S/C21H18F3N7O/c1-13-19(14-5-8-25-16(9-14)21(22,23)24)29-12-31(13)11-18(32)30-17-4-3-15(10-28-17)20-26-6-2-7-27-20/h2-6,8-10,12H,7,11H2,1H3,(H,26,27)(H,28,30,32). The van der Waals surface area contributed by atoms with Crippen molar-refractivity contribution >= 4 is 17.6 Å². The van der Waals surface area contributed by atoms with E-state index in [2.05, 4.69) is 30.6 Å². The first-order valence-electron chi connectivity index (χ1n) is 9.59. The Morgan fingerprint density at radius 1 is 1.19 bits per heavy atom. The molecule has 1 aliphatic heterocycles. The van der Waals surface area contributed by atoms with Gasteiger partial charge in [-0.2, -0.15) is 13.2 Å². The molecule has 32 heavy (non-hydrogen) atoms. The van der Waals surface area contributed by atoms with Gasteiger partial charge in [0, 0.05) is 35.4 Å². The summed E-state index contributed by atoms with van der Waals surface area (Å²) in [5.41, 5.74) is 0.968. The van der Waals surface area contributed by atoms with Crippen LogP contribution in [-0.2, 0) is 17.5 Å². The normalized spacial score (nSPS) is 13.4. The SMILES string of the molecule is Cc1c(-c2ccnc(C(F)(F)F)c2)ncn1CC(=O)Nc1ccc(C2=NCC=CN2)cn1. The molecule has 1 aliphatic rings. The Bertz CT molecular complexity index is 1200. The number of hydrogen-bond donors (Lipinski definition) is 2. The monoisotopic (exact) mass is 441 g/mol. The third kappa shape index (κ3) is 4.66. The fraction of sp³-hybridized carbons (Fsp3) is 0.190. The summed E-state index contributed by atoms with van der Waals surface area (Å²) in [5, 5.41) is 5.72. The van der Waals surface area contributed by atoms with Gasteiger partial charge in [-0.1, -0.05) is 0 Å². The summed E-state index contributed by atoms with van der Waals surface area (Å²) in [6.07, 6.45) is 3.24. The van der Waals surface area contributed by atoms with E-state index >= 15 is 0 Å². The number of aliphatic imine (C=N–C) groups is 1. The fourth-order valence-electron chi connectivity index (χ4n) is 3.12. The third-order valence-corrected chi connectivity index (χ3v) is 4.73. The molecule has 0 aliphatic carbocycles. The largest absolute Gasteiger partial charge is 0.433 e. The minimum Gasteiger partial charge on any atom is -0.347 e. The smallest absolute Gasteiger partial charge is 0.347 e. The second kappa shape index (κ2) is 8.61. The number of nitrogens with zero attached hydrogens (tertiary/aromatic N) is 5. The summed E-state index contributed by atoms with van der Waals surface area (Å²) < 4.78 is 40.4. The van der Waals surface area contributed by atoms with Crippen LogP contribution in [0.15, 0.2) is 60.3 Å². The number of pyridine rings is 2. The van der Waals surface area contributed by atoms with Gasteiger partial charge in [0.05, 0.1) is 18.6 Å². The van der Waals surface area contributed by atoms with E-state index in [-0.39, 0.29) is 18.0 Å². The van der Waals surface area contributed by atoms with Crippen LogP contribution in [0.25, 0.3) is 11.3 Å². The van der Waals surface area contributed by atoms with Crippen molar-refractivity contribution in [2.24, 2.45) is 4.99 Å². The number of nitrogens with one attached hydrogen (secondary N) is 2. The topological polar surface area (TPSA) is 97.1 Å². The lowest BCUT2D eigenvalue weighted by molar-refractivity contribution is -0.141. The maximum Gasteiger partial charge on any atom is 0.433 e. The van der Waals surface area contributed by atoms with Gasteiger partial charge in [0.15, 0.2) is 0 Å². The Morgan fingerprint density at radius 3 is 2.72 bits per heavy atom. The predicted octanol–water partition coefficient (Wildman–Crippen LogP) is 3.17. The van der Waals surface area contributed by atoms with E-state index in [1.54, 1.807) is 36.0 Å². The Balaban J connectivity index is 1.43. The molecule has 1 amide bonds. The lowest BCUT2D eigenvalue weighted by Crippen LogP contribution is -2.22. The molecule has 0 saturated carbocycles. The van der Waals surface area contributed by atoms with Gasteiger partial charge in [0.25, 0.3) is 0 Å². The van der Waals surface area contributed by atoms with Crippen LogP contribution < -0.4 is 10.6 Å². The second-order valence-corrected chi connectivity index (χ2v) is 6.95. The van der Waals surface area contributed by atoms with E-state index in [9.17, 15) is 18.0 Å². The van der Waals surface area contributed by atoms with E-state index in [1.165, 1.54) is 12.4 Å². The average Bonchev–Trinajstić information content (AvgIpc) is 3.14. The van der Waals surface area contributed by atoms with E-state index in [1.807, 2.05) is 6.08 Å². The second-order valence-electron chi connectivity index (χ2n) is 6.95. The van der Waals surface area contributed by atoms with Gasteiger partial charge >= 0.3 is 6.18 Å². The first kappa shape index (κ1) is 21.2. The summed E-state index contributed by atoms with van der Waals surface area (Å²) in [6.45, 7) is 2.20. The molecular formula is C21H18F3N7O. The zero-order valence-electron chi connectivity index (χ0n) is 16.9. The Labute approximate surface area is 181 Å². The van der Waals surface area contributed by atoms with Crippen molar-refractivity contribution in [1.82, 2.24) is 24.8 Å². The Hall–Kier alpha value is -4.02. The molecule has 0 fully saturated rings. The molecule has 4 rings (SSSR count). The van der Waals surface area contributed by atoms with Crippen LogP contribution in [0.1, 0.15) is 17.0 Å². The highest BCUT2D eigenvalue weighted by Gasteiger charge is 2.32. The fourth-order valence-corrected chi connectivity index (χ4v) is 3.12. The van der Waals surface area contributed by atoms with Gasteiger partial charge < -0.3 is 15.2 Å². The number of carbonyl (C=O) groups excluding carboxylic acids is 1. The first-order chi connectivity index (χ1) is 15.3. The number of anilines is 1. The van der Waals surface area contributed by atoms with Crippen LogP contribution in [0, 0.1) is 6.92 Å². The zero-order chi connectivity index (χ0) is 22.7. The molecule has 0 spiro atoms. The number of hydrogen-bond acceptors (Lipinski definition) is 6. The molecule has 0 radical (unpaired) electrons. The van der Waals surface area contributed by atoms with Crippen LogP contribution in [0.2, 0.25) is 0 Å². The molecule has 2 N–H and O–H groups in total. The van der Waals surface area contributed by atoms with E-state index < -0.39 is 11.9 Å². The minimum absolute atomic E-state index is 0.0709. The van der Waals surface area contributed by atoms with Crippen molar-refractivity contribution in [3.05, 3.63) is 72.2 Å². The van der Waals surface area contributed by atoms with Crippen molar-refractivity contribution in [3.8, 4) is 11.3 Å². The van der Waals surface area contributed by atoms with Crippen molar-refractivity contribution < 1.29 is 18.0 Å². The number of rotatable bonds is 5. The maximum atomic E-state index is 12.9. The average molecular weight is 441 g/mol. The van der Waals surface area contributed by atoms with Crippen LogP contribution in [0.3, 0.4) is 0 Å². The summed E-state index contributed by atoms with van der Waals surface area (Å²) >= 11 is 0. The first-order valence-corrected chi connectivity index (χ1v) is 9.59. The zero-order valence-corrected chi connectivity index (χ0v) is 16.9. The molecule has 0 saturated heterocycles. The molecule has 8 nitrogen and oxygen atoms in total. The van der Waals surface area contributed by atoms with E-state index in [4.69, 9.17) is 0 Å². The van der Waals surface area contributed by atoms with Gasteiger partial charge in [0.1, 0.15) is 23.9 Å². The molecule has 0 unspecified atom stereocenters. The lowest BCUT2D eigenvalue weighted by Gasteiger charge is -2.11. The van der Waals surface area contributed by atoms with Crippen molar-refractivity contribution in [2.75, 3.05) is 11.9 Å². The number of imidazole rings is 1. The molecule has 0 bridgehead atoms. The third-order valence-electron chi connectivity index (χ3n) is 4.73.